The van der Waals surface area contributed by atoms with Crippen LogP contribution >= 0.6 is 0 Å². The smallest absolute Gasteiger partial charge is 0.166 e. The third-order valence-electron chi connectivity index (χ3n) is 1.79. The predicted octanol–water partition coefficient (Wildman–Crippen LogP) is 3.93. The number of benzene rings is 1. The number of halogens is 3. The summed E-state index contributed by atoms with van der Waals surface area (Å²) in [6.45, 7) is 6.26. The van der Waals surface area contributed by atoms with Crippen LogP contribution in [-0.4, -0.2) is 8.07 Å². The average Bonchev–Trinajstić information content (AvgIpc) is 2.13. The van der Waals surface area contributed by atoms with Crippen LogP contribution < -0.4 is 0 Å². The summed E-state index contributed by atoms with van der Waals surface area (Å²) in [6, 6.07) is 4.95. The Morgan fingerprint density at radius 1 is 1.00 bits per heavy atom. The summed E-state index contributed by atoms with van der Waals surface area (Å²) in [5.74, 6) is 2.91. The van der Waals surface area contributed by atoms with Gasteiger partial charge in [-0.15, -0.1) is 5.54 Å². The molecule has 0 aromatic heterocycles. The third-order valence-corrected chi connectivity index (χ3v) is 2.67. The van der Waals surface area contributed by atoms with E-state index >= 15 is 0 Å². The molecule has 4 heteroatoms. The number of rotatable bonds is 0. The molecule has 0 amide bonds. The monoisotopic (exact) mass is 242 g/mol. The lowest BCUT2D eigenvalue weighted by molar-refractivity contribution is -0.137. The van der Waals surface area contributed by atoms with Crippen molar-refractivity contribution in [1.29, 1.82) is 0 Å². The van der Waals surface area contributed by atoms with E-state index in [1.165, 1.54) is 12.1 Å². The molecule has 0 aliphatic rings. The lowest BCUT2D eigenvalue weighted by Gasteiger charge is -2.06. The van der Waals surface area contributed by atoms with E-state index in [0.717, 1.165) is 12.1 Å². The lowest BCUT2D eigenvalue weighted by atomic mass is 10.1. The molecule has 0 saturated heterocycles. The maximum atomic E-state index is 12.3. The molecule has 0 heterocycles. The van der Waals surface area contributed by atoms with Crippen LogP contribution in [0.15, 0.2) is 24.3 Å². The standard InChI is InChI=1S/C12H13F3Si/c1-16(2,3)9-8-10-4-6-11(7-5-10)12(13,14)15/h4-7H,1-3H3. The first-order valence-electron chi connectivity index (χ1n) is 4.89. The zero-order valence-corrected chi connectivity index (χ0v) is 10.4. The van der Waals surface area contributed by atoms with Gasteiger partial charge in [0.15, 0.2) is 0 Å². The Labute approximate surface area is 94.5 Å². The number of hydrogen-bond acceptors (Lipinski definition) is 0. The second-order valence-electron chi connectivity index (χ2n) is 4.58. The Bertz CT molecular complexity index is 413. The first-order valence-corrected chi connectivity index (χ1v) is 8.39. The van der Waals surface area contributed by atoms with E-state index in [9.17, 15) is 13.2 Å². The summed E-state index contributed by atoms with van der Waals surface area (Å²) in [5, 5.41) is 0. The van der Waals surface area contributed by atoms with Crippen molar-refractivity contribution in [3.63, 3.8) is 0 Å². The summed E-state index contributed by atoms with van der Waals surface area (Å²) in [5.41, 5.74) is 3.11. The highest BCUT2D eigenvalue weighted by molar-refractivity contribution is 6.83. The van der Waals surface area contributed by atoms with Gasteiger partial charge in [0.2, 0.25) is 0 Å². The third kappa shape index (κ3) is 4.11. The largest absolute Gasteiger partial charge is 0.416 e. The minimum Gasteiger partial charge on any atom is -0.166 e. The van der Waals surface area contributed by atoms with Gasteiger partial charge in [-0.05, 0) is 24.3 Å². The molecule has 0 bridgehead atoms. The van der Waals surface area contributed by atoms with Crippen LogP contribution in [0.1, 0.15) is 11.1 Å². The van der Waals surface area contributed by atoms with E-state index in [1.807, 2.05) is 0 Å². The van der Waals surface area contributed by atoms with Crippen molar-refractivity contribution in [3.8, 4) is 11.5 Å². The van der Waals surface area contributed by atoms with E-state index in [2.05, 4.69) is 31.1 Å². The van der Waals surface area contributed by atoms with Gasteiger partial charge in [-0.25, -0.2) is 0 Å². The van der Waals surface area contributed by atoms with Gasteiger partial charge in [0, 0.05) is 5.56 Å². The molecular weight excluding hydrogens is 229 g/mol. The molecule has 0 fully saturated rings. The van der Waals surface area contributed by atoms with Crippen molar-refractivity contribution in [3.05, 3.63) is 35.4 Å². The minimum absolute atomic E-state index is 0.633. The molecule has 16 heavy (non-hydrogen) atoms. The van der Waals surface area contributed by atoms with Crippen LogP contribution in [0.25, 0.3) is 0 Å². The molecule has 0 spiro atoms. The van der Waals surface area contributed by atoms with Gasteiger partial charge in [0.25, 0.3) is 0 Å². The highest BCUT2D eigenvalue weighted by Crippen LogP contribution is 2.28. The first-order chi connectivity index (χ1) is 7.18. The topological polar surface area (TPSA) is 0 Å². The van der Waals surface area contributed by atoms with E-state index in [-0.39, 0.29) is 0 Å². The second kappa shape index (κ2) is 4.34. The summed E-state index contributed by atoms with van der Waals surface area (Å²) < 4.78 is 36.8. The average molecular weight is 242 g/mol. The zero-order chi connectivity index (χ0) is 12.4. The molecular formula is C12H13F3Si. The molecule has 1 aromatic rings. The van der Waals surface area contributed by atoms with Crippen LogP contribution in [0.5, 0.6) is 0 Å². The molecule has 1 aromatic carbocycles. The molecule has 1 rings (SSSR count). The summed E-state index contributed by atoms with van der Waals surface area (Å²) >= 11 is 0. The van der Waals surface area contributed by atoms with Crippen molar-refractivity contribution in [1.82, 2.24) is 0 Å². The lowest BCUT2D eigenvalue weighted by Crippen LogP contribution is -2.16. The molecule has 0 aliphatic carbocycles. The number of alkyl halides is 3. The molecule has 0 aliphatic heterocycles. The van der Waals surface area contributed by atoms with E-state index in [4.69, 9.17) is 0 Å². The van der Waals surface area contributed by atoms with E-state index in [0.29, 0.717) is 5.56 Å². The van der Waals surface area contributed by atoms with Crippen LogP contribution in [0, 0.1) is 11.5 Å². The normalized spacial score (nSPS) is 11.9. The first kappa shape index (κ1) is 12.9. The van der Waals surface area contributed by atoms with Crippen molar-refractivity contribution >= 4 is 8.07 Å². The van der Waals surface area contributed by atoms with Gasteiger partial charge in [0.05, 0.1) is 5.56 Å². The molecule has 0 atom stereocenters. The summed E-state index contributed by atoms with van der Waals surface area (Å²) in [4.78, 5) is 0. The fourth-order valence-corrected chi connectivity index (χ4v) is 1.52. The summed E-state index contributed by atoms with van der Waals surface area (Å²) in [7, 11) is -1.47. The molecule has 0 nitrogen and oxygen atoms in total. The fraction of sp³-hybridized carbons (Fsp3) is 0.333. The van der Waals surface area contributed by atoms with Crippen molar-refractivity contribution in [2.75, 3.05) is 0 Å². The van der Waals surface area contributed by atoms with Gasteiger partial charge in [-0.1, -0.05) is 25.6 Å². The van der Waals surface area contributed by atoms with Crippen LogP contribution in [0.4, 0.5) is 13.2 Å². The van der Waals surface area contributed by atoms with Crippen molar-refractivity contribution < 1.29 is 13.2 Å². The van der Waals surface area contributed by atoms with Crippen molar-refractivity contribution in [2.24, 2.45) is 0 Å². The highest BCUT2D eigenvalue weighted by atomic mass is 28.3. The van der Waals surface area contributed by atoms with Crippen LogP contribution in [-0.2, 0) is 6.18 Å². The van der Waals surface area contributed by atoms with Crippen LogP contribution in [0.2, 0.25) is 19.6 Å². The van der Waals surface area contributed by atoms with Crippen molar-refractivity contribution in [2.45, 2.75) is 25.8 Å². The molecule has 0 N–H and O–H groups in total. The quantitative estimate of drug-likeness (QED) is 0.477. The molecule has 0 saturated carbocycles. The molecule has 86 valence electrons. The Morgan fingerprint density at radius 3 is 1.88 bits per heavy atom. The fourth-order valence-electron chi connectivity index (χ4n) is 1.00. The molecule has 0 unspecified atom stereocenters. The van der Waals surface area contributed by atoms with Gasteiger partial charge >= 0.3 is 6.18 Å². The Morgan fingerprint density at radius 2 is 1.50 bits per heavy atom. The second-order valence-corrected chi connectivity index (χ2v) is 9.33. The Balaban J connectivity index is 2.91. The Kier molecular flexibility index (Phi) is 3.49. The maximum absolute atomic E-state index is 12.3. The van der Waals surface area contributed by atoms with E-state index in [1.54, 1.807) is 0 Å². The maximum Gasteiger partial charge on any atom is 0.416 e. The predicted molar refractivity (Wildman–Crippen MR) is 61.7 cm³/mol. The van der Waals surface area contributed by atoms with Gasteiger partial charge in [-0.3, -0.25) is 0 Å². The summed E-state index contributed by atoms with van der Waals surface area (Å²) in [6.07, 6.45) is -4.27. The van der Waals surface area contributed by atoms with Crippen LogP contribution in [0.3, 0.4) is 0 Å². The highest BCUT2D eigenvalue weighted by Gasteiger charge is 2.29. The van der Waals surface area contributed by atoms with Gasteiger partial charge < -0.3 is 0 Å². The SMILES string of the molecule is C[Si](C)(C)C#Cc1ccc(C(F)(F)F)cc1. The van der Waals surface area contributed by atoms with Gasteiger partial charge in [0.1, 0.15) is 8.07 Å². The van der Waals surface area contributed by atoms with Gasteiger partial charge in [-0.2, -0.15) is 13.2 Å². The zero-order valence-electron chi connectivity index (χ0n) is 9.44. The minimum atomic E-state index is -4.27. The Hall–Kier alpha value is -1.21. The number of hydrogen-bond donors (Lipinski definition) is 0. The van der Waals surface area contributed by atoms with E-state index < -0.39 is 19.8 Å². The molecule has 0 radical (unpaired) electrons.